The second kappa shape index (κ2) is 6.73. The lowest BCUT2D eigenvalue weighted by Crippen LogP contribution is -2.35. The van der Waals surface area contributed by atoms with Crippen molar-refractivity contribution in [3.05, 3.63) is 59.7 Å². The van der Waals surface area contributed by atoms with Crippen LogP contribution in [-0.2, 0) is 11.3 Å². The summed E-state index contributed by atoms with van der Waals surface area (Å²) in [4.78, 5) is 14.2. The Morgan fingerprint density at radius 1 is 1.26 bits per heavy atom. The van der Waals surface area contributed by atoms with E-state index in [2.05, 4.69) is 0 Å². The van der Waals surface area contributed by atoms with Crippen LogP contribution in [0, 0.1) is 0 Å². The highest BCUT2D eigenvalue weighted by Gasteiger charge is 2.29. The van der Waals surface area contributed by atoms with E-state index in [-0.39, 0.29) is 11.9 Å². The fourth-order valence-electron chi connectivity index (χ4n) is 3.03. The molecule has 3 rings (SSSR count). The van der Waals surface area contributed by atoms with E-state index in [0.717, 1.165) is 29.0 Å². The van der Waals surface area contributed by atoms with Gasteiger partial charge in [0, 0.05) is 25.5 Å². The number of nitrogens with zero attached hydrogens (tertiary/aromatic N) is 1. The lowest BCUT2D eigenvalue weighted by atomic mass is 9.97. The Balaban J connectivity index is 1.94. The molecule has 0 spiro atoms. The molecule has 0 aromatic heterocycles. The predicted molar refractivity (Wildman–Crippen MR) is 88.5 cm³/mol. The first-order valence-corrected chi connectivity index (χ1v) is 7.81. The van der Waals surface area contributed by atoms with Gasteiger partial charge < -0.3 is 14.4 Å². The average molecular weight is 311 g/mol. The van der Waals surface area contributed by atoms with Crippen LogP contribution in [0.25, 0.3) is 0 Å². The Morgan fingerprint density at radius 2 is 2.04 bits per heavy atom. The van der Waals surface area contributed by atoms with Crippen molar-refractivity contribution in [1.29, 1.82) is 0 Å². The maximum atomic E-state index is 12.3. The molecule has 0 N–H and O–H groups in total. The number of rotatable bonds is 4. The van der Waals surface area contributed by atoms with Gasteiger partial charge in [-0.1, -0.05) is 30.3 Å². The van der Waals surface area contributed by atoms with Crippen molar-refractivity contribution in [3.63, 3.8) is 0 Å². The van der Waals surface area contributed by atoms with Gasteiger partial charge in [0.15, 0.2) is 0 Å². The molecular formula is C19H21NO3. The molecule has 0 aliphatic carbocycles. The molecule has 4 heteroatoms. The molecule has 1 atom stereocenters. The molecule has 0 fully saturated rings. The predicted octanol–water partition coefficient (Wildman–Crippen LogP) is 3.57. The summed E-state index contributed by atoms with van der Waals surface area (Å²) in [5, 5.41) is 0. The summed E-state index contributed by atoms with van der Waals surface area (Å²) in [5.74, 6) is 1.68. The fourth-order valence-corrected chi connectivity index (χ4v) is 3.03. The Hall–Kier alpha value is -2.49. The van der Waals surface area contributed by atoms with Crippen LogP contribution < -0.4 is 9.47 Å². The van der Waals surface area contributed by atoms with Crippen molar-refractivity contribution < 1.29 is 14.3 Å². The third-order valence-electron chi connectivity index (χ3n) is 4.20. The van der Waals surface area contributed by atoms with Crippen LogP contribution >= 0.6 is 0 Å². The molecule has 1 heterocycles. The van der Waals surface area contributed by atoms with Gasteiger partial charge in [0.2, 0.25) is 5.91 Å². The van der Waals surface area contributed by atoms with Gasteiger partial charge in [-0.15, -0.1) is 0 Å². The summed E-state index contributed by atoms with van der Waals surface area (Å²) in [6, 6.07) is 15.8. The summed E-state index contributed by atoms with van der Waals surface area (Å²) in [7, 11) is 1.65. The van der Waals surface area contributed by atoms with Gasteiger partial charge in [-0.2, -0.15) is 0 Å². The molecule has 0 saturated carbocycles. The average Bonchev–Trinajstić information content (AvgIpc) is 2.59. The number of methoxy groups -OCH3 is 1. The van der Waals surface area contributed by atoms with Gasteiger partial charge >= 0.3 is 0 Å². The molecule has 0 radical (unpaired) electrons. The van der Waals surface area contributed by atoms with E-state index in [4.69, 9.17) is 9.47 Å². The number of carbonyl (C=O) groups excluding carboxylic acids is 1. The number of hydrogen-bond acceptors (Lipinski definition) is 3. The minimum Gasteiger partial charge on any atom is -0.497 e. The number of hydrogen-bond donors (Lipinski definition) is 0. The first-order valence-electron chi connectivity index (χ1n) is 7.81. The second-order valence-electron chi connectivity index (χ2n) is 5.69. The first kappa shape index (κ1) is 15.4. The van der Waals surface area contributed by atoms with Crippen molar-refractivity contribution in [2.45, 2.75) is 25.9 Å². The highest BCUT2D eigenvalue weighted by molar-refractivity contribution is 5.74. The van der Waals surface area contributed by atoms with Crippen LogP contribution in [0.3, 0.4) is 0 Å². The van der Waals surface area contributed by atoms with Crippen LogP contribution in [0.15, 0.2) is 48.5 Å². The molecule has 1 aliphatic rings. The quantitative estimate of drug-likeness (QED) is 0.866. The van der Waals surface area contributed by atoms with E-state index < -0.39 is 0 Å². The molecule has 120 valence electrons. The third-order valence-corrected chi connectivity index (χ3v) is 4.20. The van der Waals surface area contributed by atoms with E-state index >= 15 is 0 Å². The monoisotopic (exact) mass is 311 g/mol. The highest BCUT2D eigenvalue weighted by Crippen LogP contribution is 2.38. The molecule has 1 amide bonds. The summed E-state index contributed by atoms with van der Waals surface area (Å²) >= 11 is 0. The molecule has 0 bridgehead atoms. The molecule has 23 heavy (non-hydrogen) atoms. The van der Waals surface area contributed by atoms with Gasteiger partial charge in [-0.3, -0.25) is 4.79 Å². The normalized spacial score (nSPS) is 16.2. The van der Waals surface area contributed by atoms with Crippen LogP contribution in [-0.4, -0.2) is 24.5 Å². The smallest absolute Gasteiger partial charge is 0.220 e. The fraction of sp³-hybridized carbons (Fsp3) is 0.316. The van der Waals surface area contributed by atoms with Crippen LogP contribution in [0.5, 0.6) is 11.5 Å². The van der Waals surface area contributed by atoms with E-state index in [1.165, 1.54) is 0 Å². The van der Waals surface area contributed by atoms with Crippen LogP contribution in [0.1, 0.15) is 30.5 Å². The number of benzene rings is 2. The van der Waals surface area contributed by atoms with E-state index in [1.807, 2.05) is 53.4 Å². The summed E-state index contributed by atoms with van der Waals surface area (Å²) in [5.41, 5.74) is 2.14. The zero-order valence-electron chi connectivity index (χ0n) is 13.5. The van der Waals surface area contributed by atoms with Crippen molar-refractivity contribution in [3.8, 4) is 11.5 Å². The highest BCUT2D eigenvalue weighted by atomic mass is 16.5. The summed E-state index contributed by atoms with van der Waals surface area (Å²) < 4.78 is 11.1. The molecule has 0 saturated heterocycles. The van der Waals surface area contributed by atoms with Gasteiger partial charge in [0.05, 0.1) is 19.8 Å². The Morgan fingerprint density at radius 3 is 2.74 bits per heavy atom. The lowest BCUT2D eigenvalue weighted by Gasteiger charge is -2.35. The van der Waals surface area contributed by atoms with Gasteiger partial charge in [-0.05, 0) is 23.8 Å². The second-order valence-corrected chi connectivity index (χ2v) is 5.69. The minimum atomic E-state index is 0.00607. The van der Waals surface area contributed by atoms with Gasteiger partial charge in [0.25, 0.3) is 0 Å². The van der Waals surface area contributed by atoms with Crippen molar-refractivity contribution >= 4 is 5.91 Å². The Bertz CT molecular complexity index is 684. The standard InChI is InChI=1S/C19H21NO3/c1-14(21)20(13-15-6-4-3-5-7-15)18-10-11-23-19-9-8-16(22-2)12-17(18)19/h3-9,12,18H,10-11,13H2,1-2H3/t18-/m1/s1. The zero-order chi connectivity index (χ0) is 16.2. The van der Waals surface area contributed by atoms with Crippen LogP contribution in [0.2, 0.25) is 0 Å². The maximum absolute atomic E-state index is 12.3. The maximum Gasteiger partial charge on any atom is 0.220 e. The summed E-state index contributed by atoms with van der Waals surface area (Å²) in [6.07, 6.45) is 0.784. The summed E-state index contributed by atoms with van der Waals surface area (Å²) in [6.45, 7) is 2.83. The topological polar surface area (TPSA) is 38.8 Å². The van der Waals surface area contributed by atoms with Crippen molar-refractivity contribution in [1.82, 2.24) is 4.90 Å². The number of ether oxygens (including phenoxy) is 2. The molecule has 1 aliphatic heterocycles. The third kappa shape index (κ3) is 3.31. The first-order chi connectivity index (χ1) is 11.2. The van der Waals surface area contributed by atoms with E-state index in [0.29, 0.717) is 13.2 Å². The molecule has 4 nitrogen and oxygen atoms in total. The van der Waals surface area contributed by atoms with Crippen molar-refractivity contribution in [2.75, 3.05) is 13.7 Å². The molecular weight excluding hydrogens is 290 g/mol. The van der Waals surface area contributed by atoms with Gasteiger partial charge in [-0.25, -0.2) is 0 Å². The van der Waals surface area contributed by atoms with Crippen LogP contribution in [0.4, 0.5) is 0 Å². The largest absolute Gasteiger partial charge is 0.497 e. The minimum absolute atomic E-state index is 0.00607. The SMILES string of the molecule is COc1ccc2c(c1)[C@H](N(Cc1ccccc1)C(C)=O)CCO2. The number of amides is 1. The molecule has 2 aromatic carbocycles. The number of carbonyl (C=O) groups is 1. The zero-order valence-corrected chi connectivity index (χ0v) is 13.5. The molecule has 2 aromatic rings. The van der Waals surface area contributed by atoms with E-state index in [1.54, 1.807) is 14.0 Å². The lowest BCUT2D eigenvalue weighted by molar-refractivity contribution is -0.132. The Kier molecular flexibility index (Phi) is 4.51. The number of fused-ring (bicyclic) bond motifs is 1. The van der Waals surface area contributed by atoms with Gasteiger partial charge in [0.1, 0.15) is 11.5 Å². The van der Waals surface area contributed by atoms with Crippen molar-refractivity contribution in [2.24, 2.45) is 0 Å². The Labute approximate surface area is 136 Å². The molecule has 0 unspecified atom stereocenters. The van der Waals surface area contributed by atoms with E-state index in [9.17, 15) is 4.79 Å².